The van der Waals surface area contributed by atoms with Crippen molar-refractivity contribution in [2.45, 2.75) is 52.1 Å². The van der Waals surface area contributed by atoms with Gasteiger partial charge in [0.15, 0.2) is 0 Å². The van der Waals surface area contributed by atoms with Crippen LogP contribution in [0.25, 0.3) is 0 Å². The SMILES string of the molecule is CCCC(C)NC(=O)C1CCN(Cc2ccc(Cl)cc2Cl)CC1. The van der Waals surface area contributed by atoms with Gasteiger partial charge >= 0.3 is 0 Å². The lowest BCUT2D eigenvalue weighted by Gasteiger charge is -2.32. The highest BCUT2D eigenvalue weighted by Crippen LogP contribution is 2.25. The lowest BCUT2D eigenvalue weighted by atomic mass is 9.95. The molecule has 3 nitrogen and oxygen atoms in total. The molecule has 2 rings (SSSR count). The maximum atomic E-state index is 12.3. The van der Waals surface area contributed by atoms with E-state index in [1.165, 1.54) is 0 Å². The van der Waals surface area contributed by atoms with Crippen LogP contribution in [0.5, 0.6) is 0 Å². The number of amides is 1. The predicted octanol–water partition coefficient (Wildman–Crippen LogP) is 4.51. The van der Waals surface area contributed by atoms with Gasteiger partial charge < -0.3 is 5.32 Å². The van der Waals surface area contributed by atoms with Gasteiger partial charge in [-0.15, -0.1) is 0 Å². The van der Waals surface area contributed by atoms with Gasteiger partial charge in [0.05, 0.1) is 0 Å². The lowest BCUT2D eigenvalue weighted by Crippen LogP contribution is -2.42. The Bertz CT molecular complexity index is 528. The second kappa shape index (κ2) is 8.91. The van der Waals surface area contributed by atoms with Crippen LogP contribution in [-0.4, -0.2) is 29.9 Å². The van der Waals surface area contributed by atoms with E-state index in [1.54, 1.807) is 6.07 Å². The van der Waals surface area contributed by atoms with Crippen LogP contribution in [0.15, 0.2) is 18.2 Å². The van der Waals surface area contributed by atoms with E-state index in [9.17, 15) is 4.79 Å². The van der Waals surface area contributed by atoms with Gasteiger partial charge in [-0.3, -0.25) is 9.69 Å². The molecule has 0 spiro atoms. The van der Waals surface area contributed by atoms with Crippen molar-refractivity contribution in [3.8, 4) is 0 Å². The van der Waals surface area contributed by atoms with Crippen LogP contribution in [0.4, 0.5) is 0 Å². The monoisotopic (exact) mass is 356 g/mol. The van der Waals surface area contributed by atoms with Gasteiger partial charge in [0.2, 0.25) is 5.91 Å². The predicted molar refractivity (Wildman–Crippen MR) is 97.0 cm³/mol. The van der Waals surface area contributed by atoms with E-state index in [-0.39, 0.29) is 17.9 Å². The van der Waals surface area contributed by atoms with Crippen molar-refractivity contribution in [3.05, 3.63) is 33.8 Å². The van der Waals surface area contributed by atoms with Crippen molar-refractivity contribution in [3.63, 3.8) is 0 Å². The van der Waals surface area contributed by atoms with Gasteiger partial charge in [-0.2, -0.15) is 0 Å². The number of carbonyl (C=O) groups excluding carboxylic acids is 1. The van der Waals surface area contributed by atoms with Gasteiger partial charge in [-0.05, 0) is 57.0 Å². The fourth-order valence-corrected chi connectivity index (χ4v) is 3.58. The molecule has 128 valence electrons. The molecule has 0 aliphatic carbocycles. The Kier molecular flexibility index (Phi) is 7.19. The molecule has 1 aliphatic heterocycles. The fraction of sp³-hybridized carbons (Fsp3) is 0.611. The van der Waals surface area contributed by atoms with Crippen molar-refractivity contribution >= 4 is 29.1 Å². The lowest BCUT2D eigenvalue weighted by molar-refractivity contribution is -0.127. The zero-order chi connectivity index (χ0) is 16.8. The van der Waals surface area contributed by atoms with Gasteiger partial charge in [0.25, 0.3) is 0 Å². The Morgan fingerprint density at radius 1 is 1.35 bits per heavy atom. The zero-order valence-corrected chi connectivity index (χ0v) is 15.5. The molecule has 1 aromatic rings. The maximum absolute atomic E-state index is 12.3. The van der Waals surface area contributed by atoms with E-state index >= 15 is 0 Å². The minimum Gasteiger partial charge on any atom is -0.353 e. The molecule has 1 aromatic carbocycles. The molecule has 1 N–H and O–H groups in total. The Hall–Kier alpha value is -0.770. The highest BCUT2D eigenvalue weighted by Gasteiger charge is 2.25. The topological polar surface area (TPSA) is 32.3 Å². The first kappa shape index (κ1) is 18.6. The van der Waals surface area contributed by atoms with Crippen LogP contribution in [0.1, 0.15) is 45.1 Å². The van der Waals surface area contributed by atoms with Crippen molar-refractivity contribution in [1.29, 1.82) is 0 Å². The van der Waals surface area contributed by atoms with E-state index in [0.717, 1.165) is 50.9 Å². The molecular formula is C18H26Cl2N2O. The molecule has 1 aliphatic rings. The summed E-state index contributed by atoms with van der Waals surface area (Å²) in [7, 11) is 0. The third kappa shape index (κ3) is 5.66. The number of rotatable bonds is 6. The van der Waals surface area contributed by atoms with E-state index in [0.29, 0.717) is 10.0 Å². The average molecular weight is 357 g/mol. The fourth-order valence-electron chi connectivity index (χ4n) is 3.11. The van der Waals surface area contributed by atoms with E-state index in [4.69, 9.17) is 23.2 Å². The smallest absolute Gasteiger partial charge is 0.223 e. The van der Waals surface area contributed by atoms with Crippen LogP contribution in [-0.2, 0) is 11.3 Å². The zero-order valence-electron chi connectivity index (χ0n) is 13.9. The average Bonchev–Trinajstić information content (AvgIpc) is 2.51. The largest absolute Gasteiger partial charge is 0.353 e. The summed E-state index contributed by atoms with van der Waals surface area (Å²) in [5, 5.41) is 4.51. The number of hydrogen-bond acceptors (Lipinski definition) is 2. The van der Waals surface area contributed by atoms with Crippen LogP contribution in [0.2, 0.25) is 10.0 Å². The second-order valence-electron chi connectivity index (χ2n) is 6.48. The second-order valence-corrected chi connectivity index (χ2v) is 7.33. The summed E-state index contributed by atoms with van der Waals surface area (Å²) in [6.45, 7) is 6.90. The number of benzene rings is 1. The van der Waals surface area contributed by atoms with E-state index < -0.39 is 0 Å². The quantitative estimate of drug-likeness (QED) is 0.812. The van der Waals surface area contributed by atoms with Gasteiger partial charge in [0, 0.05) is 28.5 Å². The molecule has 1 fully saturated rings. The van der Waals surface area contributed by atoms with Crippen molar-refractivity contribution in [1.82, 2.24) is 10.2 Å². The minimum absolute atomic E-state index is 0.145. The Morgan fingerprint density at radius 2 is 2.04 bits per heavy atom. The standard InChI is InChI=1S/C18H26Cl2N2O/c1-3-4-13(2)21-18(23)14-7-9-22(10-8-14)12-15-5-6-16(19)11-17(15)20/h5-6,11,13-14H,3-4,7-10,12H2,1-2H3,(H,21,23). The van der Waals surface area contributed by atoms with Crippen molar-refractivity contribution in [2.75, 3.05) is 13.1 Å². The molecule has 1 heterocycles. The molecule has 1 atom stereocenters. The number of carbonyl (C=O) groups is 1. The normalized spacial score (nSPS) is 17.9. The van der Waals surface area contributed by atoms with Crippen LogP contribution in [0, 0.1) is 5.92 Å². The molecule has 0 aromatic heterocycles. The Morgan fingerprint density at radius 3 is 2.65 bits per heavy atom. The number of hydrogen-bond donors (Lipinski definition) is 1. The number of likely N-dealkylation sites (tertiary alicyclic amines) is 1. The van der Waals surface area contributed by atoms with E-state index in [2.05, 4.69) is 24.1 Å². The maximum Gasteiger partial charge on any atom is 0.223 e. The summed E-state index contributed by atoms with van der Waals surface area (Å²) in [6.07, 6.45) is 3.97. The van der Waals surface area contributed by atoms with Gasteiger partial charge in [0.1, 0.15) is 0 Å². The number of nitrogens with one attached hydrogen (secondary N) is 1. The summed E-state index contributed by atoms with van der Waals surface area (Å²) in [5.41, 5.74) is 1.09. The van der Waals surface area contributed by atoms with Crippen LogP contribution >= 0.6 is 23.2 Å². The highest BCUT2D eigenvalue weighted by molar-refractivity contribution is 6.35. The van der Waals surface area contributed by atoms with Crippen LogP contribution in [0.3, 0.4) is 0 Å². The molecule has 1 unspecified atom stereocenters. The Labute approximate surface area is 149 Å². The van der Waals surface area contributed by atoms with Gasteiger partial charge in [-0.25, -0.2) is 0 Å². The third-order valence-electron chi connectivity index (χ3n) is 4.48. The minimum atomic E-state index is 0.145. The summed E-state index contributed by atoms with van der Waals surface area (Å²) < 4.78 is 0. The van der Waals surface area contributed by atoms with Crippen molar-refractivity contribution in [2.24, 2.45) is 5.92 Å². The third-order valence-corrected chi connectivity index (χ3v) is 5.06. The molecule has 1 amide bonds. The molecule has 5 heteroatoms. The summed E-state index contributed by atoms with van der Waals surface area (Å²) in [5.74, 6) is 0.362. The van der Waals surface area contributed by atoms with Gasteiger partial charge in [-0.1, -0.05) is 42.6 Å². The molecular weight excluding hydrogens is 331 g/mol. The Balaban J connectivity index is 1.80. The summed E-state index contributed by atoms with van der Waals surface area (Å²) in [6, 6.07) is 5.92. The molecule has 0 radical (unpaired) electrons. The number of nitrogens with zero attached hydrogens (tertiary/aromatic N) is 1. The molecule has 1 saturated heterocycles. The van der Waals surface area contributed by atoms with Crippen molar-refractivity contribution < 1.29 is 4.79 Å². The first-order valence-electron chi connectivity index (χ1n) is 8.46. The number of halogens is 2. The summed E-state index contributed by atoms with van der Waals surface area (Å²) >= 11 is 12.2. The highest BCUT2D eigenvalue weighted by atomic mass is 35.5. The molecule has 23 heavy (non-hydrogen) atoms. The summed E-state index contributed by atoms with van der Waals surface area (Å²) in [4.78, 5) is 14.6. The molecule has 0 bridgehead atoms. The molecule has 0 saturated carbocycles. The van der Waals surface area contributed by atoms with Crippen LogP contribution < -0.4 is 5.32 Å². The first-order chi connectivity index (χ1) is 11.0. The number of piperidine rings is 1. The van der Waals surface area contributed by atoms with E-state index in [1.807, 2.05) is 12.1 Å². The first-order valence-corrected chi connectivity index (χ1v) is 9.21.